The average molecular weight is 342 g/mol. The Bertz CT molecular complexity index is 434. The maximum atomic E-state index is 12.1. The van der Waals surface area contributed by atoms with Gasteiger partial charge in [-0.05, 0) is 20.8 Å². The molecule has 0 aliphatic carbocycles. The van der Waals surface area contributed by atoms with Crippen molar-refractivity contribution in [1.82, 2.24) is 15.6 Å². The van der Waals surface area contributed by atoms with Crippen molar-refractivity contribution in [2.45, 2.75) is 32.4 Å². The molecule has 20 heavy (non-hydrogen) atoms. The lowest BCUT2D eigenvalue weighted by Crippen LogP contribution is -2.52. The molecule has 0 radical (unpaired) electrons. The van der Waals surface area contributed by atoms with Crippen LogP contribution < -0.4 is 10.6 Å². The first-order valence-electron chi connectivity index (χ1n) is 6.06. The number of carbonyl (C=O) groups excluding carboxylic acids is 1. The molecule has 1 saturated heterocycles. The zero-order valence-corrected chi connectivity index (χ0v) is 14.2. The number of amides is 1. The summed E-state index contributed by atoms with van der Waals surface area (Å²) in [5.41, 5.74) is 0.518. The zero-order valence-electron chi connectivity index (χ0n) is 11.8. The number of aryl methyl sites for hydroxylation is 1. The van der Waals surface area contributed by atoms with E-state index in [0.29, 0.717) is 13.2 Å². The van der Waals surface area contributed by atoms with Gasteiger partial charge in [0.05, 0.1) is 12.1 Å². The SMILES string of the molecule is Cc1csc(C(C)(C)NC(=O)C2CNCCO2)n1.Cl.Cl. The van der Waals surface area contributed by atoms with E-state index in [-0.39, 0.29) is 30.7 Å². The maximum Gasteiger partial charge on any atom is 0.251 e. The molecule has 1 aliphatic rings. The monoisotopic (exact) mass is 341 g/mol. The third kappa shape index (κ3) is 4.86. The van der Waals surface area contributed by atoms with Crippen LogP contribution in [0.2, 0.25) is 0 Å². The topological polar surface area (TPSA) is 63.2 Å². The Kier molecular flexibility index (Phi) is 7.98. The normalized spacial score (nSPS) is 18.6. The molecule has 2 heterocycles. The fraction of sp³-hybridized carbons (Fsp3) is 0.667. The van der Waals surface area contributed by atoms with Gasteiger partial charge >= 0.3 is 0 Å². The molecule has 5 nitrogen and oxygen atoms in total. The average Bonchev–Trinajstić information content (AvgIpc) is 2.77. The molecule has 1 amide bonds. The van der Waals surface area contributed by atoms with E-state index < -0.39 is 11.6 Å². The third-order valence-electron chi connectivity index (χ3n) is 2.81. The van der Waals surface area contributed by atoms with Crippen LogP contribution in [0, 0.1) is 6.92 Å². The van der Waals surface area contributed by atoms with E-state index in [0.717, 1.165) is 17.2 Å². The van der Waals surface area contributed by atoms with Gasteiger partial charge < -0.3 is 15.4 Å². The third-order valence-corrected chi connectivity index (χ3v) is 4.09. The highest BCUT2D eigenvalue weighted by molar-refractivity contribution is 7.09. The van der Waals surface area contributed by atoms with Crippen molar-refractivity contribution in [3.8, 4) is 0 Å². The van der Waals surface area contributed by atoms with E-state index in [1.54, 1.807) is 11.3 Å². The second-order valence-corrected chi connectivity index (χ2v) is 5.83. The van der Waals surface area contributed by atoms with Crippen molar-refractivity contribution in [3.05, 3.63) is 16.1 Å². The number of aromatic nitrogens is 1. The van der Waals surface area contributed by atoms with Crippen LogP contribution in [0.15, 0.2) is 5.38 Å². The molecule has 1 aromatic rings. The predicted molar refractivity (Wildman–Crippen MR) is 85.1 cm³/mol. The molecule has 1 aliphatic heterocycles. The summed E-state index contributed by atoms with van der Waals surface area (Å²) in [4.78, 5) is 16.5. The number of thiazole rings is 1. The summed E-state index contributed by atoms with van der Waals surface area (Å²) in [6, 6.07) is 0. The Morgan fingerprint density at radius 3 is 2.75 bits per heavy atom. The summed E-state index contributed by atoms with van der Waals surface area (Å²) in [5.74, 6) is -0.0833. The van der Waals surface area contributed by atoms with Gasteiger partial charge in [-0.1, -0.05) is 0 Å². The fourth-order valence-corrected chi connectivity index (χ4v) is 2.69. The summed E-state index contributed by atoms with van der Waals surface area (Å²) < 4.78 is 5.44. The first kappa shape index (κ1) is 19.6. The highest BCUT2D eigenvalue weighted by Crippen LogP contribution is 2.23. The molecule has 0 saturated carbocycles. The zero-order chi connectivity index (χ0) is 13.2. The molecule has 116 valence electrons. The first-order valence-corrected chi connectivity index (χ1v) is 6.94. The molecule has 1 unspecified atom stereocenters. The predicted octanol–water partition coefficient (Wildman–Crippen LogP) is 1.63. The molecule has 2 rings (SSSR count). The van der Waals surface area contributed by atoms with Crippen LogP contribution in [0.25, 0.3) is 0 Å². The minimum atomic E-state index is -0.461. The van der Waals surface area contributed by atoms with Gasteiger partial charge in [-0.3, -0.25) is 4.79 Å². The van der Waals surface area contributed by atoms with Gasteiger partial charge in [-0.25, -0.2) is 4.98 Å². The minimum absolute atomic E-state index is 0. The Morgan fingerprint density at radius 1 is 1.55 bits per heavy atom. The van der Waals surface area contributed by atoms with Crippen LogP contribution in [0.1, 0.15) is 24.5 Å². The Balaban J connectivity index is 0.00000180. The molecule has 1 fully saturated rings. The van der Waals surface area contributed by atoms with E-state index in [2.05, 4.69) is 15.6 Å². The number of hydrogen-bond donors (Lipinski definition) is 2. The minimum Gasteiger partial charge on any atom is -0.366 e. The Hall–Kier alpha value is -0.400. The van der Waals surface area contributed by atoms with Crippen molar-refractivity contribution in [2.75, 3.05) is 19.7 Å². The second-order valence-electron chi connectivity index (χ2n) is 4.97. The number of hydrogen-bond acceptors (Lipinski definition) is 5. The number of ether oxygens (including phenoxy) is 1. The van der Waals surface area contributed by atoms with Crippen LogP contribution in [-0.4, -0.2) is 36.7 Å². The molecule has 0 spiro atoms. The van der Waals surface area contributed by atoms with Gasteiger partial charge in [0.25, 0.3) is 5.91 Å². The molecular weight excluding hydrogens is 321 g/mol. The van der Waals surface area contributed by atoms with Crippen LogP contribution >= 0.6 is 36.2 Å². The van der Waals surface area contributed by atoms with Crippen LogP contribution in [0.3, 0.4) is 0 Å². The molecule has 1 aromatic heterocycles. The molecule has 0 aromatic carbocycles. The number of morpholine rings is 1. The second kappa shape index (κ2) is 8.14. The van der Waals surface area contributed by atoms with Gasteiger partial charge in [0.1, 0.15) is 11.1 Å². The molecule has 0 bridgehead atoms. The van der Waals surface area contributed by atoms with Crippen molar-refractivity contribution >= 4 is 42.1 Å². The van der Waals surface area contributed by atoms with E-state index >= 15 is 0 Å². The highest BCUT2D eigenvalue weighted by Gasteiger charge is 2.30. The fourth-order valence-electron chi connectivity index (χ4n) is 1.82. The summed E-state index contributed by atoms with van der Waals surface area (Å²) in [5, 5.41) is 9.05. The number of halogens is 2. The van der Waals surface area contributed by atoms with E-state index in [1.165, 1.54) is 0 Å². The van der Waals surface area contributed by atoms with E-state index in [4.69, 9.17) is 4.74 Å². The number of rotatable bonds is 3. The van der Waals surface area contributed by atoms with Crippen molar-refractivity contribution in [3.63, 3.8) is 0 Å². The van der Waals surface area contributed by atoms with Gasteiger partial charge in [0.2, 0.25) is 0 Å². The van der Waals surface area contributed by atoms with E-state index in [1.807, 2.05) is 26.2 Å². The largest absolute Gasteiger partial charge is 0.366 e. The lowest BCUT2D eigenvalue weighted by atomic mass is 10.1. The van der Waals surface area contributed by atoms with Crippen LogP contribution in [0.5, 0.6) is 0 Å². The van der Waals surface area contributed by atoms with Crippen LogP contribution in [0.4, 0.5) is 0 Å². The summed E-state index contributed by atoms with van der Waals surface area (Å²) >= 11 is 1.56. The van der Waals surface area contributed by atoms with Gasteiger partial charge in [0.15, 0.2) is 0 Å². The first-order chi connectivity index (χ1) is 8.49. The number of nitrogens with one attached hydrogen (secondary N) is 2. The molecule has 8 heteroatoms. The highest BCUT2D eigenvalue weighted by atomic mass is 35.5. The van der Waals surface area contributed by atoms with Crippen molar-refractivity contribution < 1.29 is 9.53 Å². The number of carbonyl (C=O) groups is 1. The summed E-state index contributed by atoms with van der Waals surface area (Å²) in [6.07, 6.45) is -0.404. The van der Waals surface area contributed by atoms with Crippen LogP contribution in [-0.2, 0) is 15.1 Å². The smallest absolute Gasteiger partial charge is 0.251 e. The Morgan fingerprint density at radius 2 is 2.25 bits per heavy atom. The standard InChI is InChI=1S/C12H19N3O2S.2ClH/c1-8-7-18-11(14-8)12(2,3)15-10(16)9-6-13-4-5-17-9;;/h7,9,13H,4-6H2,1-3H3,(H,15,16);2*1H. The van der Waals surface area contributed by atoms with Crippen molar-refractivity contribution in [2.24, 2.45) is 0 Å². The lowest BCUT2D eigenvalue weighted by molar-refractivity contribution is -0.136. The lowest BCUT2D eigenvalue weighted by Gasteiger charge is -2.29. The van der Waals surface area contributed by atoms with E-state index in [9.17, 15) is 4.79 Å². The summed E-state index contributed by atoms with van der Waals surface area (Å²) in [7, 11) is 0. The Labute approximate surface area is 135 Å². The molecular formula is C12H21Cl2N3O2S. The van der Waals surface area contributed by atoms with Gasteiger partial charge in [0, 0.05) is 24.2 Å². The quantitative estimate of drug-likeness (QED) is 0.877. The molecule has 1 atom stereocenters. The summed E-state index contributed by atoms with van der Waals surface area (Å²) in [6.45, 7) is 7.82. The number of nitrogens with zero attached hydrogens (tertiary/aromatic N) is 1. The van der Waals surface area contributed by atoms with Crippen molar-refractivity contribution in [1.29, 1.82) is 0 Å². The molecule has 2 N–H and O–H groups in total. The van der Waals surface area contributed by atoms with Gasteiger partial charge in [-0.15, -0.1) is 36.2 Å². The maximum absolute atomic E-state index is 12.1. The van der Waals surface area contributed by atoms with Gasteiger partial charge in [-0.2, -0.15) is 0 Å².